The molecule has 5 nitrogen and oxygen atoms in total. The quantitative estimate of drug-likeness (QED) is 0.835. The summed E-state index contributed by atoms with van der Waals surface area (Å²) in [4.78, 5) is 18.0. The lowest BCUT2D eigenvalue weighted by Gasteiger charge is -2.30. The third-order valence-electron chi connectivity index (χ3n) is 3.77. The van der Waals surface area contributed by atoms with Crippen LogP contribution in [0.5, 0.6) is 5.75 Å². The van der Waals surface area contributed by atoms with Gasteiger partial charge in [-0.2, -0.15) is 5.26 Å². The van der Waals surface area contributed by atoms with Gasteiger partial charge in [0.1, 0.15) is 17.5 Å². The minimum absolute atomic E-state index is 0.122. The van der Waals surface area contributed by atoms with Gasteiger partial charge in [0, 0.05) is 24.0 Å². The first-order valence-corrected chi connectivity index (χ1v) is 7.44. The maximum absolute atomic E-state index is 12.7. The maximum Gasteiger partial charge on any atom is 0.573 e. The summed E-state index contributed by atoms with van der Waals surface area (Å²) in [5.74, 6) is -0.638. The van der Waals surface area contributed by atoms with Crippen molar-refractivity contribution in [3.05, 3.63) is 53.3 Å². The van der Waals surface area contributed by atoms with Crippen LogP contribution < -0.4 is 9.64 Å². The van der Waals surface area contributed by atoms with Gasteiger partial charge in [0.15, 0.2) is 0 Å². The number of pyridine rings is 1. The largest absolute Gasteiger partial charge is 0.573 e. The first-order chi connectivity index (χ1) is 11.9. The molecule has 2 aromatic rings. The van der Waals surface area contributed by atoms with Crippen LogP contribution in [-0.2, 0) is 6.42 Å². The number of carbonyl (C=O) groups excluding carboxylic acids is 1. The molecule has 0 atom stereocenters. The molecular formula is C17H12F3N3O2. The molecule has 1 aliphatic heterocycles. The van der Waals surface area contributed by atoms with Gasteiger partial charge in [0.2, 0.25) is 0 Å². The monoisotopic (exact) mass is 347 g/mol. The molecule has 3 rings (SSSR count). The minimum Gasteiger partial charge on any atom is -0.406 e. The van der Waals surface area contributed by atoms with E-state index in [9.17, 15) is 18.0 Å². The van der Waals surface area contributed by atoms with Crippen molar-refractivity contribution in [3.63, 3.8) is 0 Å². The molecule has 0 saturated heterocycles. The van der Waals surface area contributed by atoms with Crippen LogP contribution in [0.3, 0.4) is 0 Å². The van der Waals surface area contributed by atoms with E-state index >= 15 is 0 Å². The first-order valence-electron chi connectivity index (χ1n) is 7.44. The van der Waals surface area contributed by atoms with Crippen LogP contribution in [0.2, 0.25) is 0 Å². The number of fused-ring (bicyclic) bond motifs is 1. The van der Waals surface area contributed by atoms with Crippen molar-refractivity contribution in [2.45, 2.75) is 19.2 Å². The SMILES string of the molecule is N#Cc1cc(C(=O)N2CCCc3cc(OC(F)(F)F)ccc32)ccn1. The Hall–Kier alpha value is -3.08. The number of alkyl halides is 3. The number of nitrogens with zero attached hydrogens (tertiary/aromatic N) is 3. The van der Waals surface area contributed by atoms with Crippen LogP contribution in [0, 0.1) is 11.3 Å². The first kappa shape index (κ1) is 16.8. The number of rotatable bonds is 2. The molecule has 0 spiro atoms. The van der Waals surface area contributed by atoms with Crippen LogP contribution in [0.4, 0.5) is 18.9 Å². The smallest absolute Gasteiger partial charge is 0.406 e. The minimum atomic E-state index is -4.76. The van der Waals surface area contributed by atoms with Crippen molar-refractivity contribution in [2.24, 2.45) is 0 Å². The van der Waals surface area contributed by atoms with Gasteiger partial charge in [-0.1, -0.05) is 0 Å². The summed E-state index contributed by atoms with van der Waals surface area (Å²) in [5, 5.41) is 8.89. The lowest BCUT2D eigenvalue weighted by Crippen LogP contribution is -2.35. The van der Waals surface area contributed by atoms with E-state index in [-0.39, 0.29) is 17.4 Å². The number of carbonyl (C=O) groups is 1. The fraction of sp³-hybridized carbons (Fsp3) is 0.235. The van der Waals surface area contributed by atoms with Crippen molar-refractivity contribution >= 4 is 11.6 Å². The lowest BCUT2D eigenvalue weighted by molar-refractivity contribution is -0.274. The van der Waals surface area contributed by atoms with E-state index < -0.39 is 6.36 Å². The van der Waals surface area contributed by atoms with Crippen molar-refractivity contribution in [1.82, 2.24) is 4.98 Å². The van der Waals surface area contributed by atoms with Crippen molar-refractivity contribution in [1.29, 1.82) is 5.26 Å². The molecule has 25 heavy (non-hydrogen) atoms. The van der Waals surface area contributed by atoms with E-state index in [1.165, 1.54) is 41.4 Å². The highest BCUT2D eigenvalue weighted by Gasteiger charge is 2.32. The Morgan fingerprint density at radius 3 is 2.80 bits per heavy atom. The standard InChI is InChI=1S/C17H12F3N3O2/c18-17(19,20)25-14-3-4-15-11(9-14)2-1-7-23(15)16(24)12-5-6-22-13(8-12)10-21/h3-6,8-9H,1-2,7H2. The van der Waals surface area contributed by atoms with Gasteiger partial charge < -0.3 is 9.64 Å². The predicted molar refractivity (Wildman–Crippen MR) is 82.1 cm³/mol. The Balaban J connectivity index is 1.91. The Labute approximate surface area is 141 Å². The van der Waals surface area contributed by atoms with E-state index in [4.69, 9.17) is 5.26 Å². The zero-order chi connectivity index (χ0) is 18.0. The number of aromatic nitrogens is 1. The molecule has 0 saturated carbocycles. The zero-order valence-electron chi connectivity index (χ0n) is 12.9. The van der Waals surface area contributed by atoms with Crippen LogP contribution in [0.15, 0.2) is 36.5 Å². The molecule has 8 heteroatoms. The fourth-order valence-electron chi connectivity index (χ4n) is 2.76. The molecule has 2 heterocycles. The maximum atomic E-state index is 12.7. The molecule has 0 bridgehead atoms. The average molecular weight is 347 g/mol. The number of aryl methyl sites for hydroxylation is 1. The molecule has 1 aromatic carbocycles. The van der Waals surface area contributed by atoms with Crippen LogP contribution >= 0.6 is 0 Å². The molecule has 1 aliphatic rings. The van der Waals surface area contributed by atoms with E-state index in [0.29, 0.717) is 36.2 Å². The van der Waals surface area contributed by atoms with E-state index in [0.717, 1.165) is 0 Å². The van der Waals surface area contributed by atoms with E-state index in [2.05, 4.69) is 9.72 Å². The third-order valence-corrected chi connectivity index (χ3v) is 3.77. The number of benzene rings is 1. The fourth-order valence-corrected chi connectivity index (χ4v) is 2.76. The molecule has 128 valence electrons. The number of hydrogen-bond donors (Lipinski definition) is 0. The molecule has 0 radical (unpaired) electrons. The van der Waals surface area contributed by atoms with Gasteiger partial charge >= 0.3 is 6.36 Å². The van der Waals surface area contributed by atoms with E-state index in [1.807, 2.05) is 6.07 Å². The summed E-state index contributed by atoms with van der Waals surface area (Å²) in [7, 11) is 0. The van der Waals surface area contributed by atoms with Gasteiger partial charge in [-0.15, -0.1) is 13.2 Å². The molecular weight excluding hydrogens is 335 g/mol. The summed E-state index contributed by atoms with van der Waals surface area (Å²) in [6, 6.07) is 8.68. The van der Waals surface area contributed by atoms with Gasteiger partial charge in [-0.3, -0.25) is 4.79 Å². The summed E-state index contributed by atoms with van der Waals surface area (Å²) in [6.07, 6.45) is -2.22. The Kier molecular flexibility index (Phi) is 4.31. The topological polar surface area (TPSA) is 66.2 Å². The molecule has 0 unspecified atom stereocenters. The zero-order valence-corrected chi connectivity index (χ0v) is 12.9. The normalized spacial score (nSPS) is 13.8. The number of amides is 1. The van der Waals surface area contributed by atoms with Crippen molar-refractivity contribution in [3.8, 4) is 11.8 Å². The third kappa shape index (κ3) is 3.71. The van der Waals surface area contributed by atoms with Crippen molar-refractivity contribution in [2.75, 3.05) is 11.4 Å². The lowest BCUT2D eigenvalue weighted by atomic mass is 10.0. The molecule has 1 amide bonds. The Morgan fingerprint density at radius 1 is 1.28 bits per heavy atom. The summed E-state index contributed by atoms with van der Waals surface area (Å²) < 4.78 is 41.0. The van der Waals surface area contributed by atoms with E-state index in [1.54, 1.807) is 0 Å². The second-order valence-electron chi connectivity index (χ2n) is 5.44. The highest BCUT2D eigenvalue weighted by Crippen LogP contribution is 2.33. The van der Waals surface area contributed by atoms with Gasteiger partial charge in [-0.25, -0.2) is 4.98 Å². The van der Waals surface area contributed by atoms with Crippen LogP contribution in [0.25, 0.3) is 0 Å². The van der Waals surface area contributed by atoms with Gasteiger partial charge in [0.05, 0.1) is 0 Å². The molecule has 0 fully saturated rings. The highest BCUT2D eigenvalue weighted by atomic mass is 19.4. The second-order valence-corrected chi connectivity index (χ2v) is 5.44. The number of nitriles is 1. The number of halogens is 3. The van der Waals surface area contributed by atoms with Crippen LogP contribution in [0.1, 0.15) is 28.0 Å². The highest BCUT2D eigenvalue weighted by molar-refractivity contribution is 6.06. The van der Waals surface area contributed by atoms with Crippen molar-refractivity contribution < 1.29 is 22.7 Å². The summed E-state index contributed by atoms with van der Waals surface area (Å²) >= 11 is 0. The average Bonchev–Trinajstić information content (AvgIpc) is 2.59. The number of ether oxygens (including phenoxy) is 1. The number of hydrogen-bond acceptors (Lipinski definition) is 4. The summed E-state index contributed by atoms with van der Waals surface area (Å²) in [5.41, 5.74) is 1.57. The Morgan fingerprint density at radius 2 is 2.08 bits per heavy atom. The second kappa shape index (κ2) is 6.43. The predicted octanol–water partition coefficient (Wildman–Crippen LogP) is 3.44. The summed E-state index contributed by atoms with van der Waals surface area (Å²) in [6.45, 7) is 0.440. The molecule has 0 aliphatic carbocycles. The van der Waals surface area contributed by atoms with Gasteiger partial charge in [-0.05, 0) is 48.7 Å². The number of anilines is 1. The molecule has 0 N–H and O–H groups in total. The Bertz CT molecular complexity index is 859. The molecule has 1 aromatic heterocycles. The van der Waals surface area contributed by atoms with Crippen LogP contribution in [-0.4, -0.2) is 23.8 Å². The van der Waals surface area contributed by atoms with Gasteiger partial charge in [0.25, 0.3) is 5.91 Å².